The van der Waals surface area contributed by atoms with Crippen LogP contribution in [0, 0.1) is 5.41 Å². The van der Waals surface area contributed by atoms with Gasteiger partial charge in [0.1, 0.15) is 23.6 Å². The third kappa shape index (κ3) is 8.00. The number of aromatic nitrogens is 2. The van der Waals surface area contributed by atoms with Crippen LogP contribution in [-0.4, -0.2) is 68.3 Å². The molecule has 5 unspecified atom stereocenters. The van der Waals surface area contributed by atoms with Gasteiger partial charge in [0.25, 0.3) is 0 Å². The number of aliphatic hydroxyl groups is 3. The molecule has 2 aromatic rings. The molecule has 12 nitrogen and oxygen atoms in total. The van der Waals surface area contributed by atoms with Gasteiger partial charge in [-0.15, -0.1) is 11.8 Å². The molecule has 0 radical (unpaired) electrons. The van der Waals surface area contributed by atoms with Crippen molar-refractivity contribution in [2.75, 3.05) is 31.3 Å². The Bertz CT molecular complexity index is 1230. The number of benzene rings is 1. The number of hydrogen-bond donors (Lipinski definition) is 5. The second-order valence-electron chi connectivity index (χ2n) is 10.0. The Kier molecular flexibility index (Phi) is 10.5. The molecule has 0 aliphatic carbocycles. The number of thioether (sulfide) groups is 1. The van der Waals surface area contributed by atoms with Gasteiger partial charge in [-0.2, -0.15) is 4.98 Å². The van der Waals surface area contributed by atoms with Crippen molar-refractivity contribution in [2.24, 2.45) is 5.41 Å². The van der Waals surface area contributed by atoms with Gasteiger partial charge < -0.3 is 25.8 Å². The van der Waals surface area contributed by atoms with Gasteiger partial charge in [0.05, 0.1) is 19.8 Å². The fourth-order valence-electron chi connectivity index (χ4n) is 3.67. The number of rotatable bonds is 14. The van der Waals surface area contributed by atoms with Gasteiger partial charge in [-0.1, -0.05) is 50.8 Å². The summed E-state index contributed by atoms with van der Waals surface area (Å²) in [6, 6.07) is 10.6. The first kappa shape index (κ1) is 31.5. The summed E-state index contributed by atoms with van der Waals surface area (Å²) < 4.78 is 31.8. The zero-order valence-electron chi connectivity index (χ0n) is 22.2. The predicted molar refractivity (Wildman–Crippen MR) is 149 cm³/mol. The summed E-state index contributed by atoms with van der Waals surface area (Å²) in [5.41, 5.74) is 3.24. The largest absolute Gasteiger partial charge is 0.405 e. The van der Waals surface area contributed by atoms with E-state index in [0.29, 0.717) is 5.75 Å². The minimum atomic E-state index is -3.93. The molecule has 14 heteroatoms. The first-order valence-corrected chi connectivity index (χ1v) is 14.8. The molecule has 1 saturated heterocycles. The molecule has 6 N–H and O–H groups in total. The molecule has 2 heterocycles. The van der Waals surface area contributed by atoms with Crippen LogP contribution in [0.15, 0.2) is 58.9 Å². The van der Waals surface area contributed by atoms with Gasteiger partial charge in [0.2, 0.25) is 0 Å². The second-order valence-corrected chi connectivity index (χ2v) is 13.0. The Balaban J connectivity index is 1.68. The van der Waals surface area contributed by atoms with Gasteiger partial charge in [0, 0.05) is 23.9 Å². The molecule has 1 fully saturated rings. The van der Waals surface area contributed by atoms with Crippen LogP contribution in [-0.2, 0) is 24.9 Å². The van der Waals surface area contributed by atoms with E-state index in [-0.39, 0.29) is 25.6 Å². The molecule has 39 heavy (non-hydrogen) atoms. The van der Waals surface area contributed by atoms with E-state index in [4.69, 9.17) is 19.5 Å². The van der Waals surface area contributed by atoms with Crippen LogP contribution >= 0.6 is 19.5 Å². The molecule has 1 aliphatic heterocycles. The van der Waals surface area contributed by atoms with Crippen molar-refractivity contribution in [1.82, 2.24) is 14.6 Å². The Labute approximate surface area is 231 Å². The number of nitrogens with two attached hydrogens (primary N) is 1. The fourth-order valence-corrected chi connectivity index (χ4v) is 5.97. The molecule has 1 aromatic heterocycles. The van der Waals surface area contributed by atoms with E-state index in [1.54, 1.807) is 0 Å². The van der Waals surface area contributed by atoms with E-state index in [1.807, 2.05) is 44.2 Å². The summed E-state index contributed by atoms with van der Waals surface area (Å²) in [6.45, 7) is 8.76. The van der Waals surface area contributed by atoms with Crippen LogP contribution in [0.3, 0.4) is 0 Å². The highest BCUT2D eigenvalue weighted by Gasteiger charge is 2.54. The molecule has 0 spiro atoms. The summed E-state index contributed by atoms with van der Waals surface area (Å²) in [5, 5.41) is 34.1. The van der Waals surface area contributed by atoms with Gasteiger partial charge >= 0.3 is 13.4 Å². The summed E-state index contributed by atoms with van der Waals surface area (Å²) in [4.78, 5) is 16.7. The highest BCUT2D eigenvalue weighted by molar-refractivity contribution is 8.03. The van der Waals surface area contributed by atoms with E-state index < -0.39 is 49.5 Å². The number of nitrogens with zero attached hydrogens (tertiary/aromatic N) is 2. The average molecular weight is 585 g/mol. The lowest BCUT2D eigenvalue weighted by Crippen LogP contribution is -2.46. The maximum absolute atomic E-state index is 13.6. The number of nitrogen functional groups attached to an aromatic ring is 1. The Morgan fingerprint density at radius 2 is 2.03 bits per heavy atom. The zero-order valence-corrected chi connectivity index (χ0v) is 23.9. The van der Waals surface area contributed by atoms with Crippen LogP contribution in [0.1, 0.15) is 32.6 Å². The molecule has 0 amide bonds. The number of hydrogen-bond acceptors (Lipinski definition) is 11. The first-order valence-electron chi connectivity index (χ1n) is 12.3. The summed E-state index contributed by atoms with van der Waals surface area (Å²) in [7, 11) is -3.93. The van der Waals surface area contributed by atoms with Crippen LogP contribution in [0.2, 0.25) is 0 Å². The van der Waals surface area contributed by atoms with E-state index >= 15 is 0 Å². The third-order valence-corrected chi connectivity index (χ3v) is 9.19. The highest BCUT2D eigenvalue weighted by atomic mass is 32.2. The number of nitrogens with one attached hydrogen (secondary N) is 1. The topological polar surface area (TPSA) is 178 Å². The maximum Gasteiger partial charge on any atom is 0.405 e. The van der Waals surface area contributed by atoms with Crippen molar-refractivity contribution in [1.29, 1.82) is 0 Å². The van der Waals surface area contributed by atoms with E-state index in [1.165, 1.54) is 30.9 Å². The van der Waals surface area contributed by atoms with Crippen LogP contribution < -0.4 is 16.5 Å². The number of aliphatic hydroxyl groups excluding tert-OH is 2. The van der Waals surface area contributed by atoms with Gasteiger partial charge in [0.15, 0.2) is 6.23 Å². The maximum atomic E-state index is 13.6. The molecule has 5 atom stereocenters. The summed E-state index contributed by atoms with van der Waals surface area (Å²) in [5.74, 6) is 0.397. The van der Waals surface area contributed by atoms with Crippen molar-refractivity contribution in [3.05, 3.63) is 70.1 Å². The Morgan fingerprint density at radius 1 is 1.33 bits per heavy atom. The summed E-state index contributed by atoms with van der Waals surface area (Å²) >= 11 is 1.38. The minimum Gasteiger partial charge on any atom is -0.395 e. The molecule has 1 aromatic carbocycles. The molecule has 0 saturated carbocycles. The normalized spacial score (nSPS) is 24.9. The standard InChI is InChI=1S/C25H37N4O8PS/c1-17(24(2,3)16-30)39-13-12-35-38(34,27-14-18-8-6-5-7-9-18)36-15-19-21(31)25(4,33)22(37-19)29-11-10-20(26)28-23(29)32/h5-11,19,21-22,30-31,33H,1,12-16H2,2-4H3,(H,27,34)(H2,26,28,32). The Morgan fingerprint density at radius 3 is 2.67 bits per heavy atom. The monoisotopic (exact) mass is 584 g/mol. The van der Waals surface area contributed by atoms with Crippen molar-refractivity contribution in [3.8, 4) is 0 Å². The van der Waals surface area contributed by atoms with Crippen LogP contribution in [0.5, 0.6) is 0 Å². The molecule has 1 aliphatic rings. The quantitative estimate of drug-likeness (QED) is 0.161. The third-order valence-electron chi connectivity index (χ3n) is 6.36. The van der Waals surface area contributed by atoms with E-state index in [0.717, 1.165) is 15.0 Å². The lowest BCUT2D eigenvalue weighted by Gasteiger charge is -2.27. The van der Waals surface area contributed by atoms with E-state index in [9.17, 15) is 24.7 Å². The van der Waals surface area contributed by atoms with Crippen LogP contribution in [0.4, 0.5) is 5.82 Å². The van der Waals surface area contributed by atoms with Crippen LogP contribution in [0.25, 0.3) is 0 Å². The Hall–Kier alpha value is -2.06. The van der Waals surface area contributed by atoms with E-state index in [2.05, 4.69) is 16.7 Å². The summed E-state index contributed by atoms with van der Waals surface area (Å²) in [6.07, 6.45) is -2.63. The number of anilines is 1. The van der Waals surface area contributed by atoms with Crippen molar-refractivity contribution >= 4 is 25.3 Å². The predicted octanol–water partition coefficient (Wildman–Crippen LogP) is 2.03. The fraction of sp³-hybridized carbons (Fsp3) is 0.520. The first-order chi connectivity index (χ1) is 18.3. The average Bonchev–Trinajstić information content (AvgIpc) is 3.13. The molecule has 0 bridgehead atoms. The smallest absolute Gasteiger partial charge is 0.395 e. The number of ether oxygens (including phenoxy) is 1. The highest BCUT2D eigenvalue weighted by Crippen LogP contribution is 2.46. The van der Waals surface area contributed by atoms with Crippen molar-refractivity contribution in [2.45, 2.75) is 51.4 Å². The van der Waals surface area contributed by atoms with Gasteiger partial charge in [-0.25, -0.2) is 14.4 Å². The molecule has 3 rings (SSSR count). The SMILES string of the molecule is C=C(SCCOP(=O)(NCc1ccccc1)OCC1OC(n2ccc(N)nc2=O)C(C)(O)C1O)C(C)(C)CO. The van der Waals surface area contributed by atoms with Crippen molar-refractivity contribution < 1.29 is 33.7 Å². The minimum absolute atomic E-state index is 0.00133. The lowest BCUT2D eigenvalue weighted by atomic mass is 9.95. The second kappa shape index (κ2) is 13.1. The van der Waals surface area contributed by atoms with Gasteiger partial charge in [-0.05, 0) is 23.5 Å². The lowest BCUT2D eigenvalue weighted by molar-refractivity contribution is -0.0984. The molecular weight excluding hydrogens is 547 g/mol. The molecule has 216 valence electrons. The molecular formula is C25H37N4O8PS. The van der Waals surface area contributed by atoms with Gasteiger partial charge in [-0.3, -0.25) is 13.6 Å². The van der Waals surface area contributed by atoms with Crippen molar-refractivity contribution in [3.63, 3.8) is 0 Å². The zero-order chi connectivity index (χ0) is 28.8.